The molecule has 4 aromatic rings. The van der Waals surface area contributed by atoms with Gasteiger partial charge in [-0.3, -0.25) is 14.4 Å². The first kappa shape index (κ1) is 43.0. The predicted octanol–water partition coefficient (Wildman–Crippen LogP) is 7.55. The summed E-state index contributed by atoms with van der Waals surface area (Å²) in [7, 11) is 0. The van der Waals surface area contributed by atoms with Crippen LogP contribution < -0.4 is 20.7 Å². The molecule has 2 aromatic carbocycles. The number of pyridine rings is 1. The maximum atomic E-state index is 14.6. The van der Waals surface area contributed by atoms with Gasteiger partial charge >= 0.3 is 0 Å². The number of piperidine rings is 1. The van der Waals surface area contributed by atoms with Crippen molar-refractivity contribution in [3.05, 3.63) is 118 Å². The number of fused-ring (bicyclic) bond motifs is 1. The van der Waals surface area contributed by atoms with Gasteiger partial charge in [-0.05, 0) is 67.5 Å². The number of halogens is 2. The van der Waals surface area contributed by atoms with Gasteiger partial charge in [0.2, 0.25) is 11.8 Å². The van der Waals surface area contributed by atoms with Crippen LogP contribution in [0.25, 0.3) is 5.70 Å². The average molecular weight is 857 g/mol. The van der Waals surface area contributed by atoms with E-state index in [4.69, 9.17) is 30.8 Å². The number of ketones is 1. The van der Waals surface area contributed by atoms with Gasteiger partial charge in [0, 0.05) is 73.0 Å². The summed E-state index contributed by atoms with van der Waals surface area (Å²) in [6.45, 7) is 10.5. The fourth-order valence-electron chi connectivity index (χ4n) is 8.21. The van der Waals surface area contributed by atoms with Crippen molar-refractivity contribution in [2.75, 3.05) is 38.3 Å². The normalized spacial score (nSPS) is 20.1. The second-order valence-electron chi connectivity index (χ2n) is 15.4. The Morgan fingerprint density at radius 3 is 2.58 bits per heavy atom. The van der Waals surface area contributed by atoms with E-state index in [2.05, 4.69) is 39.0 Å². The number of carbonyl (C=O) groups excluding carboxylic acids is 3. The number of benzene rings is 2. The van der Waals surface area contributed by atoms with Crippen molar-refractivity contribution in [3.63, 3.8) is 0 Å². The first-order valence-electron chi connectivity index (χ1n) is 20.3. The van der Waals surface area contributed by atoms with Crippen molar-refractivity contribution >= 4 is 57.2 Å². The number of nitrogens with zero attached hydrogens (tertiary/aromatic N) is 3. The van der Waals surface area contributed by atoms with Crippen molar-refractivity contribution in [2.24, 2.45) is 5.41 Å². The number of aromatic nitrogens is 2. The van der Waals surface area contributed by atoms with Crippen LogP contribution in [0, 0.1) is 11.2 Å². The quantitative estimate of drug-likeness (QED) is 0.0809. The molecule has 15 heteroatoms. The minimum Gasteiger partial charge on any atom is -0.487 e. The number of hydrogen-bond donors (Lipinski definition) is 3. The van der Waals surface area contributed by atoms with E-state index in [1.165, 1.54) is 17.4 Å². The van der Waals surface area contributed by atoms with Crippen LogP contribution in [0.1, 0.15) is 67.3 Å². The Morgan fingerprint density at radius 2 is 1.80 bits per heavy atom. The number of nitrogens with one attached hydrogen (secondary N) is 3. The van der Waals surface area contributed by atoms with Gasteiger partial charge in [0.15, 0.2) is 16.7 Å². The van der Waals surface area contributed by atoms with E-state index in [-0.39, 0.29) is 60.2 Å². The van der Waals surface area contributed by atoms with Crippen LogP contribution in [0.3, 0.4) is 0 Å². The molecule has 1 aliphatic carbocycles. The maximum absolute atomic E-state index is 14.6. The smallest absolute Gasteiger partial charge is 0.226 e. The first-order chi connectivity index (χ1) is 29.1. The number of thiazole rings is 1. The van der Waals surface area contributed by atoms with Crippen molar-refractivity contribution in [1.82, 2.24) is 25.5 Å². The third kappa shape index (κ3) is 10.6. The highest BCUT2D eigenvalue weighted by atomic mass is 35.5. The van der Waals surface area contributed by atoms with Gasteiger partial charge in [-0.25, -0.2) is 14.4 Å². The third-order valence-corrected chi connectivity index (χ3v) is 12.4. The van der Waals surface area contributed by atoms with Crippen LogP contribution >= 0.6 is 22.9 Å². The molecule has 12 nitrogen and oxygen atoms in total. The van der Waals surface area contributed by atoms with Crippen molar-refractivity contribution < 1.29 is 33.0 Å². The molecule has 3 N–H and O–H groups in total. The molecule has 1 saturated carbocycles. The molecule has 7 rings (SSSR count). The van der Waals surface area contributed by atoms with Crippen LogP contribution in [0.5, 0.6) is 5.75 Å². The van der Waals surface area contributed by atoms with E-state index in [1.54, 1.807) is 18.3 Å². The topological polar surface area (TPSA) is 144 Å². The summed E-state index contributed by atoms with van der Waals surface area (Å²) in [5, 5.41) is 11.8. The van der Waals surface area contributed by atoms with Crippen LogP contribution in [0.15, 0.2) is 85.0 Å². The van der Waals surface area contributed by atoms with Gasteiger partial charge < -0.3 is 35.1 Å². The Morgan fingerprint density at radius 1 is 1.02 bits per heavy atom. The Balaban J connectivity index is 0.843. The molecule has 316 valence electrons. The van der Waals surface area contributed by atoms with Gasteiger partial charge in [-0.2, -0.15) is 0 Å². The lowest BCUT2D eigenvalue weighted by Gasteiger charge is -2.39. The first-order valence-corrected chi connectivity index (χ1v) is 21.6. The lowest BCUT2D eigenvalue weighted by atomic mass is 9.69. The number of rotatable bonds is 19. The zero-order chi connectivity index (χ0) is 42.1. The monoisotopic (exact) mass is 856 g/mol. The summed E-state index contributed by atoms with van der Waals surface area (Å²) in [6, 6.07) is 16.3. The Bertz CT molecular complexity index is 2200. The second-order valence-corrected chi connectivity index (χ2v) is 16.7. The predicted molar refractivity (Wildman–Crippen MR) is 229 cm³/mol. The van der Waals surface area contributed by atoms with Gasteiger partial charge in [0.25, 0.3) is 0 Å². The Kier molecular flexibility index (Phi) is 14.3. The lowest BCUT2D eigenvalue weighted by molar-refractivity contribution is -0.134. The summed E-state index contributed by atoms with van der Waals surface area (Å²) in [5.41, 5.74) is 4.66. The largest absolute Gasteiger partial charge is 0.487 e. The molecule has 2 fully saturated rings. The highest BCUT2D eigenvalue weighted by molar-refractivity contribution is 7.13. The molecule has 2 aliphatic heterocycles. The molecular formula is C45H50ClFN6O6S. The molecular weight excluding hydrogens is 807 g/mol. The molecule has 2 aromatic heterocycles. The van der Waals surface area contributed by atoms with Gasteiger partial charge in [0.1, 0.15) is 11.6 Å². The zero-order valence-electron chi connectivity index (χ0n) is 33.5. The van der Waals surface area contributed by atoms with E-state index in [0.717, 1.165) is 33.2 Å². The minimum absolute atomic E-state index is 0.00179. The standard InChI is InChI=1S/C45H50ClFN6O6S/c1-29-38(12-13-41(55)50-29)53-28-36-31(6-3-8-35(36)30(53)2)26-33(54)16-21-57-23-24-58-22-19-48-43(56)45(27-32-7-4-11-40(51-32)52-44-49-20-25-60-44)17-14-34(15-18-45)59-39-10-5-9-37(46)42(39)47/h3-11,20,25,34,38H,1-2,12-19,21-24,26-28H2,(H,48,56)(H,50,55)(H,49,51,52)/t34-,38?,45-. The molecule has 0 radical (unpaired) electrons. The zero-order valence-corrected chi connectivity index (χ0v) is 35.1. The number of carbonyl (C=O) groups is 3. The van der Waals surface area contributed by atoms with Crippen LogP contribution in [0.2, 0.25) is 5.02 Å². The molecule has 60 heavy (non-hydrogen) atoms. The second kappa shape index (κ2) is 19.9. The number of anilines is 2. The summed E-state index contributed by atoms with van der Waals surface area (Å²) in [6.07, 6.45) is 5.68. The molecule has 0 spiro atoms. The fourth-order valence-corrected chi connectivity index (χ4v) is 8.91. The maximum Gasteiger partial charge on any atom is 0.226 e. The van der Waals surface area contributed by atoms with Crippen molar-refractivity contribution in [2.45, 2.75) is 76.5 Å². The van der Waals surface area contributed by atoms with Gasteiger partial charge in [-0.1, -0.05) is 55.1 Å². The molecule has 1 saturated heterocycles. The van der Waals surface area contributed by atoms with Gasteiger partial charge in [0.05, 0.1) is 49.0 Å². The van der Waals surface area contributed by atoms with Crippen molar-refractivity contribution in [1.29, 1.82) is 0 Å². The molecule has 2 amide bonds. The van der Waals surface area contributed by atoms with E-state index in [9.17, 15) is 18.8 Å². The van der Waals surface area contributed by atoms with Crippen molar-refractivity contribution in [3.8, 4) is 5.75 Å². The average Bonchev–Trinajstić information content (AvgIpc) is 3.87. The number of amides is 2. The summed E-state index contributed by atoms with van der Waals surface area (Å²) < 4.78 is 32.1. The minimum atomic E-state index is -0.758. The van der Waals surface area contributed by atoms with Crippen LogP contribution in [-0.2, 0) is 43.2 Å². The van der Waals surface area contributed by atoms with Crippen LogP contribution in [0.4, 0.5) is 15.3 Å². The summed E-state index contributed by atoms with van der Waals surface area (Å²) >= 11 is 7.45. The van der Waals surface area contributed by atoms with Gasteiger partial charge in [-0.15, -0.1) is 11.3 Å². The van der Waals surface area contributed by atoms with E-state index in [1.807, 2.05) is 41.8 Å². The number of Topliss-reactive ketones (excluding diaryl/α,β-unsaturated/α-hetero) is 1. The number of ether oxygens (including phenoxy) is 3. The van der Waals surface area contributed by atoms with Crippen LogP contribution in [-0.4, -0.2) is 77.6 Å². The summed E-state index contributed by atoms with van der Waals surface area (Å²) in [4.78, 5) is 50.0. The Labute approximate surface area is 358 Å². The molecule has 4 heterocycles. The summed E-state index contributed by atoms with van der Waals surface area (Å²) in [5.74, 6) is 0.128. The molecule has 1 atom stereocenters. The molecule has 1 unspecified atom stereocenters. The van der Waals surface area contributed by atoms with E-state index >= 15 is 0 Å². The highest BCUT2D eigenvalue weighted by Gasteiger charge is 2.43. The molecule has 0 bridgehead atoms. The van der Waals surface area contributed by atoms with E-state index in [0.29, 0.717) is 89.2 Å². The van der Waals surface area contributed by atoms with E-state index < -0.39 is 11.2 Å². The molecule has 3 aliphatic rings. The lowest BCUT2D eigenvalue weighted by Crippen LogP contribution is -2.47. The SMILES string of the molecule is C=C1NC(=O)CCC1N1Cc2c(CC(=O)CCOCCOCCNC(=O)[C@]3(Cc4cccc(Nc5nccs5)n4)CC[C@@H](Oc4cccc(Cl)c4F)CC3)cccc2C1=C. The highest BCUT2D eigenvalue weighted by Crippen LogP contribution is 2.42. The number of hydrogen-bond acceptors (Lipinski definition) is 11. The third-order valence-electron chi connectivity index (χ3n) is 11.4. The fraction of sp³-hybridized carbons (Fsp3) is 0.400. The Hall–Kier alpha value is -5.15.